The monoisotopic (exact) mass is 186 g/mol. The van der Waals surface area contributed by atoms with E-state index < -0.39 is 0 Å². The summed E-state index contributed by atoms with van der Waals surface area (Å²) in [6, 6.07) is 0. The molecule has 1 unspecified atom stereocenters. The molecular weight excluding hydrogens is 164 g/mol. The molecule has 1 aliphatic rings. The summed E-state index contributed by atoms with van der Waals surface area (Å²) in [5.41, 5.74) is 0. The maximum atomic E-state index is 5.30. The molecule has 1 aliphatic heterocycles. The first-order valence-corrected chi connectivity index (χ1v) is 5.36. The molecule has 0 aromatic heterocycles. The van der Waals surface area contributed by atoms with E-state index in [0.29, 0.717) is 0 Å². The molecule has 78 valence electrons. The van der Waals surface area contributed by atoms with Gasteiger partial charge in [-0.3, -0.25) is 0 Å². The van der Waals surface area contributed by atoms with E-state index in [1.807, 2.05) is 7.05 Å². The molecule has 13 heavy (non-hydrogen) atoms. The molecule has 1 atom stereocenters. The second-order valence-electron chi connectivity index (χ2n) is 3.74. The summed E-state index contributed by atoms with van der Waals surface area (Å²) >= 11 is 0. The van der Waals surface area contributed by atoms with Crippen LogP contribution in [0.15, 0.2) is 0 Å². The number of hydrogen-bond acceptors (Lipinski definition) is 3. The predicted octanol–water partition coefficient (Wildman–Crippen LogP) is 0.612. The number of nitrogens with one attached hydrogen (secondary N) is 2. The van der Waals surface area contributed by atoms with Gasteiger partial charge in [0.25, 0.3) is 0 Å². The Morgan fingerprint density at radius 3 is 2.85 bits per heavy atom. The molecule has 3 heteroatoms. The average Bonchev–Trinajstić information content (AvgIpc) is 2.63. The van der Waals surface area contributed by atoms with Gasteiger partial charge in [0.2, 0.25) is 0 Å². The van der Waals surface area contributed by atoms with Gasteiger partial charge in [0.1, 0.15) is 0 Å². The first-order chi connectivity index (χ1) is 6.43. The highest BCUT2D eigenvalue weighted by atomic mass is 16.5. The van der Waals surface area contributed by atoms with E-state index in [4.69, 9.17) is 4.74 Å². The van der Waals surface area contributed by atoms with Crippen molar-refractivity contribution in [3.63, 3.8) is 0 Å². The molecule has 0 aliphatic carbocycles. The summed E-state index contributed by atoms with van der Waals surface area (Å²) in [6.07, 6.45) is 3.78. The lowest BCUT2D eigenvalue weighted by Crippen LogP contribution is -2.24. The van der Waals surface area contributed by atoms with Crippen molar-refractivity contribution in [2.45, 2.75) is 19.3 Å². The van der Waals surface area contributed by atoms with Crippen molar-refractivity contribution in [1.82, 2.24) is 10.6 Å². The Hall–Kier alpha value is -0.120. The van der Waals surface area contributed by atoms with E-state index in [9.17, 15) is 0 Å². The zero-order valence-electron chi connectivity index (χ0n) is 8.64. The molecule has 0 bridgehead atoms. The lowest BCUT2D eigenvalue weighted by Gasteiger charge is -2.08. The van der Waals surface area contributed by atoms with E-state index in [-0.39, 0.29) is 0 Å². The van der Waals surface area contributed by atoms with Crippen LogP contribution >= 0.6 is 0 Å². The van der Waals surface area contributed by atoms with E-state index in [1.54, 1.807) is 0 Å². The maximum absolute atomic E-state index is 5.30. The fourth-order valence-electron chi connectivity index (χ4n) is 1.60. The second-order valence-corrected chi connectivity index (χ2v) is 3.74. The number of hydrogen-bond donors (Lipinski definition) is 2. The van der Waals surface area contributed by atoms with Gasteiger partial charge in [0.05, 0.1) is 6.61 Å². The lowest BCUT2D eigenvalue weighted by molar-refractivity contribution is 0.185. The third kappa shape index (κ3) is 5.24. The Morgan fingerprint density at radius 2 is 2.15 bits per heavy atom. The summed E-state index contributed by atoms with van der Waals surface area (Å²) in [5, 5.41) is 6.63. The van der Waals surface area contributed by atoms with E-state index in [2.05, 4.69) is 10.6 Å². The van der Waals surface area contributed by atoms with Crippen molar-refractivity contribution in [3.05, 3.63) is 0 Å². The number of unbranched alkanes of at least 4 members (excludes halogenated alkanes) is 1. The molecule has 1 heterocycles. The van der Waals surface area contributed by atoms with Gasteiger partial charge in [-0.1, -0.05) is 0 Å². The van der Waals surface area contributed by atoms with Gasteiger partial charge >= 0.3 is 0 Å². The Bertz CT molecular complexity index is 113. The van der Waals surface area contributed by atoms with Crippen LogP contribution in [0.4, 0.5) is 0 Å². The van der Waals surface area contributed by atoms with Crippen LogP contribution in [-0.2, 0) is 4.74 Å². The summed E-state index contributed by atoms with van der Waals surface area (Å²) < 4.78 is 5.30. The molecule has 1 rings (SSSR count). The molecule has 0 amide bonds. The first-order valence-electron chi connectivity index (χ1n) is 5.36. The molecule has 1 saturated heterocycles. The van der Waals surface area contributed by atoms with E-state index in [0.717, 1.165) is 38.8 Å². The quantitative estimate of drug-likeness (QED) is 0.572. The van der Waals surface area contributed by atoms with Crippen molar-refractivity contribution < 1.29 is 4.74 Å². The van der Waals surface area contributed by atoms with Gasteiger partial charge in [-0.15, -0.1) is 0 Å². The summed E-state index contributed by atoms with van der Waals surface area (Å²) in [4.78, 5) is 0. The van der Waals surface area contributed by atoms with Crippen LogP contribution in [0.1, 0.15) is 19.3 Å². The van der Waals surface area contributed by atoms with Gasteiger partial charge < -0.3 is 15.4 Å². The average molecular weight is 186 g/mol. The number of rotatable bonds is 7. The zero-order chi connectivity index (χ0) is 9.36. The fraction of sp³-hybridized carbons (Fsp3) is 1.00. The smallest absolute Gasteiger partial charge is 0.0507 e. The standard InChI is InChI=1S/C10H22N2O/c1-11-5-2-3-6-12-8-10-4-7-13-9-10/h10-12H,2-9H2,1H3. The Kier molecular flexibility index (Phi) is 6.15. The Labute approximate surface area is 81.2 Å². The molecular formula is C10H22N2O. The van der Waals surface area contributed by atoms with Crippen LogP contribution in [-0.4, -0.2) is 39.9 Å². The molecule has 2 N–H and O–H groups in total. The highest BCUT2D eigenvalue weighted by molar-refractivity contribution is 4.66. The van der Waals surface area contributed by atoms with Gasteiger partial charge in [-0.05, 0) is 45.3 Å². The normalized spacial score (nSPS) is 22.4. The molecule has 0 aromatic rings. The molecule has 0 saturated carbocycles. The van der Waals surface area contributed by atoms with Crippen molar-refractivity contribution in [2.24, 2.45) is 5.92 Å². The minimum atomic E-state index is 0.768. The molecule has 3 nitrogen and oxygen atoms in total. The summed E-state index contributed by atoms with van der Waals surface area (Å²) in [7, 11) is 2.00. The number of ether oxygens (including phenoxy) is 1. The minimum absolute atomic E-state index is 0.768. The highest BCUT2D eigenvalue weighted by Gasteiger charge is 2.14. The topological polar surface area (TPSA) is 33.3 Å². The molecule has 1 fully saturated rings. The fourth-order valence-corrected chi connectivity index (χ4v) is 1.60. The van der Waals surface area contributed by atoms with Gasteiger partial charge in [-0.2, -0.15) is 0 Å². The van der Waals surface area contributed by atoms with Crippen molar-refractivity contribution >= 4 is 0 Å². The van der Waals surface area contributed by atoms with Crippen LogP contribution in [0.2, 0.25) is 0 Å². The van der Waals surface area contributed by atoms with Crippen LogP contribution < -0.4 is 10.6 Å². The van der Waals surface area contributed by atoms with E-state index in [1.165, 1.54) is 19.3 Å². The van der Waals surface area contributed by atoms with Gasteiger partial charge in [0, 0.05) is 13.2 Å². The summed E-state index contributed by atoms with van der Waals surface area (Å²) in [6.45, 7) is 5.35. The third-order valence-electron chi connectivity index (χ3n) is 2.49. The van der Waals surface area contributed by atoms with Gasteiger partial charge in [0.15, 0.2) is 0 Å². The highest BCUT2D eigenvalue weighted by Crippen LogP contribution is 2.10. The third-order valence-corrected chi connectivity index (χ3v) is 2.49. The SMILES string of the molecule is CNCCCCNCC1CCOC1. The zero-order valence-corrected chi connectivity index (χ0v) is 8.64. The van der Waals surface area contributed by atoms with Gasteiger partial charge in [-0.25, -0.2) is 0 Å². The van der Waals surface area contributed by atoms with Crippen LogP contribution in [0.5, 0.6) is 0 Å². The summed E-state index contributed by atoms with van der Waals surface area (Å²) in [5.74, 6) is 0.768. The lowest BCUT2D eigenvalue weighted by atomic mass is 10.1. The molecule has 0 spiro atoms. The Morgan fingerprint density at radius 1 is 1.31 bits per heavy atom. The molecule has 0 aromatic carbocycles. The first kappa shape index (κ1) is 11.0. The van der Waals surface area contributed by atoms with E-state index >= 15 is 0 Å². The Balaban J connectivity index is 1.78. The molecule has 0 radical (unpaired) electrons. The van der Waals surface area contributed by atoms with Crippen molar-refractivity contribution in [1.29, 1.82) is 0 Å². The maximum Gasteiger partial charge on any atom is 0.0507 e. The minimum Gasteiger partial charge on any atom is -0.381 e. The second kappa shape index (κ2) is 7.30. The van der Waals surface area contributed by atoms with Crippen molar-refractivity contribution in [3.8, 4) is 0 Å². The largest absolute Gasteiger partial charge is 0.381 e. The van der Waals surface area contributed by atoms with Crippen molar-refractivity contribution in [2.75, 3.05) is 39.9 Å². The van der Waals surface area contributed by atoms with Crippen LogP contribution in [0.3, 0.4) is 0 Å². The van der Waals surface area contributed by atoms with Crippen LogP contribution in [0.25, 0.3) is 0 Å². The van der Waals surface area contributed by atoms with Crippen LogP contribution in [0, 0.1) is 5.92 Å². The predicted molar refractivity (Wildman–Crippen MR) is 55.0 cm³/mol.